The third kappa shape index (κ3) is 4.12. The van der Waals surface area contributed by atoms with Crippen LogP contribution in [0.4, 0.5) is 17.5 Å². The van der Waals surface area contributed by atoms with Crippen molar-refractivity contribution < 1.29 is 9.59 Å². The number of carbonyl (C=O) groups excluding carboxylic acids is 2. The molecule has 11 heteroatoms. The van der Waals surface area contributed by atoms with Gasteiger partial charge in [-0.15, -0.1) is 12.4 Å². The van der Waals surface area contributed by atoms with Gasteiger partial charge in [-0.25, -0.2) is 4.98 Å². The molecule has 2 fully saturated rings. The minimum Gasteiger partial charge on any atom is -0.341 e. The standard InChI is InChI=1S/C21H26N8O2.ClH/c1-14(2)21(13-22)6-9-28(19(21)31)18-4-7-23-20(26-18)25-16-10-24-29(11-16)17-5-8-27(12-17)15(3)30;/h4,7,10-11,14,17H,5-6,8-9,12H2,1-3H3,(H,23,25,26);1H/t17-,21-;/m1./s1. The maximum Gasteiger partial charge on any atom is 0.248 e. The molecular weight excluding hydrogens is 432 g/mol. The number of likely N-dealkylation sites (tertiary alicyclic amines) is 1. The molecule has 10 nitrogen and oxygen atoms in total. The van der Waals surface area contributed by atoms with E-state index in [9.17, 15) is 14.9 Å². The Labute approximate surface area is 193 Å². The number of amides is 2. The highest BCUT2D eigenvalue weighted by molar-refractivity contribution is 6.01. The Balaban J connectivity index is 0.00000289. The van der Waals surface area contributed by atoms with E-state index >= 15 is 0 Å². The molecule has 0 spiro atoms. The third-order valence-electron chi connectivity index (χ3n) is 6.30. The van der Waals surface area contributed by atoms with Gasteiger partial charge in [-0.05, 0) is 24.8 Å². The summed E-state index contributed by atoms with van der Waals surface area (Å²) in [6.07, 6.45) is 6.49. The maximum atomic E-state index is 13.0. The van der Waals surface area contributed by atoms with Crippen LogP contribution in [-0.2, 0) is 9.59 Å². The van der Waals surface area contributed by atoms with Gasteiger partial charge in [0.15, 0.2) is 0 Å². The number of hydrogen-bond acceptors (Lipinski definition) is 7. The van der Waals surface area contributed by atoms with Crippen LogP contribution in [0.25, 0.3) is 0 Å². The van der Waals surface area contributed by atoms with Gasteiger partial charge in [0.1, 0.15) is 11.2 Å². The zero-order valence-electron chi connectivity index (χ0n) is 18.4. The SMILES string of the molecule is CC(=O)N1CC[C@@H](n2cc(Nc3nccc(N4CC[C@@](C#N)(C(C)C)C4=O)n3)cn2)C1.Cl. The molecule has 32 heavy (non-hydrogen) atoms. The lowest BCUT2D eigenvalue weighted by molar-refractivity contribution is -0.128. The Morgan fingerprint density at radius 1 is 1.38 bits per heavy atom. The summed E-state index contributed by atoms with van der Waals surface area (Å²) in [5, 5.41) is 17.2. The van der Waals surface area contributed by atoms with Crippen molar-refractivity contribution >= 4 is 41.7 Å². The van der Waals surface area contributed by atoms with Gasteiger partial charge in [-0.2, -0.15) is 15.3 Å². The Bertz CT molecular complexity index is 1050. The Morgan fingerprint density at radius 2 is 2.16 bits per heavy atom. The number of nitrogens with one attached hydrogen (secondary N) is 1. The fraction of sp³-hybridized carbons (Fsp3) is 0.524. The highest BCUT2D eigenvalue weighted by Gasteiger charge is 2.50. The van der Waals surface area contributed by atoms with Gasteiger partial charge in [0.2, 0.25) is 17.8 Å². The number of aromatic nitrogens is 4. The normalized spacial score (nSPS) is 22.7. The first-order valence-corrected chi connectivity index (χ1v) is 10.5. The number of nitrogens with zero attached hydrogens (tertiary/aromatic N) is 7. The third-order valence-corrected chi connectivity index (χ3v) is 6.30. The highest BCUT2D eigenvalue weighted by atomic mass is 35.5. The van der Waals surface area contributed by atoms with Crippen LogP contribution in [0.3, 0.4) is 0 Å². The van der Waals surface area contributed by atoms with Gasteiger partial charge < -0.3 is 10.2 Å². The molecular formula is C21H27ClN8O2. The van der Waals surface area contributed by atoms with Crippen molar-refractivity contribution in [3.63, 3.8) is 0 Å². The first-order chi connectivity index (χ1) is 14.8. The number of hydrogen-bond donors (Lipinski definition) is 1. The summed E-state index contributed by atoms with van der Waals surface area (Å²) in [6.45, 7) is 7.21. The lowest BCUT2D eigenvalue weighted by atomic mass is 9.77. The monoisotopic (exact) mass is 458 g/mol. The average molecular weight is 459 g/mol. The summed E-state index contributed by atoms with van der Waals surface area (Å²) < 4.78 is 1.85. The van der Waals surface area contributed by atoms with Crippen LogP contribution in [0.2, 0.25) is 0 Å². The van der Waals surface area contributed by atoms with Crippen LogP contribution in [-0.4, -0.2) is 56.1 Å². The van der Waals surface area contributed by atoms with Crippen molar-refractivity contribution in [1.82, 2.24) is 24.6 Å². The predicted octanol–water partition coefficient (Wildman–Crippen LogP) is 2.53. The molecule has 0 bridgehead atoms. The van der Waals surface area contributed by atoms with Crippen molar-refractivity contribution in [2.24, 2.45) is 11.3 Å². The molecule has 4 rings (SSSR count). The maximum absolute atomic E-state index is 13.0. The van der Waals surface area contributed by atoms with Gasteiger partial charge in [-0.3, -0.25) is 19.2 Å². The molecule has 170 valence electrons. The van der Waals surface area contributed by atoms with E-state index in [1.807, 2.05) is 29.6 Å². The second-order valence-electron chi connectivity index (χ2n) is 8.42. The van der Waals surface area contributed by atoms with E-state index < -0.39 is 5.41 Å². The largest absolute Gasteiger partial charge is 0.341 e. The first-order valence-electron chi connectivity index (χ1n) is 10.5. The van der Waals surface area contributed by atoms with Crippen LogP contribution < -0.4 is 10.2 Å². The zero-order valence-corrected chi connectivity index (χ0v) is 19.2. The van der Waals surface area contributed by atoms with Crippen molar-refractivity contribution in [3.8, 4) is 6.07 Å². The second kappa shape index (κ2) is 9.12. The molecule has 2 aliphatic heterocycles. The molecule has 2 saturated heterocycles. The molecule has 0 unspecified atom stereocenters. The van der Waals surface area contributed by atoms with Crippen LogP contribution in [0.15, 0.2) is 24.7 Å². The molecule has 0 aromatic carbocycles. The number of carbonyl (C=O) groups is 2. The van der Waals surface area contributed by atoms with Crippen molar-refractivity contribution in [2.45, 2.75) is 39.7 Å². The predicted molar refractivity (Wildman–Crippen MR) is 121 cm³/mol. The van der Waals surface area contributed by atoms with Crippen LogP contribution in [0.5, 0.6) is 0 Å². The van der Waals surface area contributed by atoms with Gasteiger partial charge in [0.25, 0.3) is 0 Å². The fourth-order valence-electron chi connectivity index (χ4n) is 4.26. The van der Waals surface area contributed by atoms with Crippen molar-refractivity contribution in [1.29, 1.82) is 5.26 Å². The second-order valence-corrected chi connectivity index (χ2v) is 8.42. The molecule has 2 aromatic heterocycles. The quantitative estimate of drug-likeness (QED) is 0.730. The molecule has 0 radical (unpaired) electrons. The first kappa shape index (κ1) is 23.5. The van der Waals surface area contributed by atoms with Gasteiger partial charge in [0, 0.05) is 39.0 Å². The van der Waals surface area contributed by atoms with E-state index in [1.165, 1.54) is 0 Å². The fourth-order valence-corrected chi connectivity index (χ4v) is 4.26. The van der Waals surface area contributed by atoms with Gasteiger partial charge in [0.05, 0.1) is 24.0 Å². The molecule has 2 aliphatic rings. The number of nitriles is 1. The van der Waals surface area contributed by atoms with Crippen LogP contribution in [0.1, 0.15) is 39.7 Å². The van der Waals surface area contributed by atoms with E-state index in [0.29, 0.717) is 31.3 Å². The van der Waals surface area contributed by atoms with Gasteiger partial charge in [-0.1, -0.05) is 13.8 Å². The molecule has 1 N–H and O–H groups in total. The highest BCUT2D eigenvalue weighted by Crippen LogP contribution is 2.40. The number of anilines is 3. The summed E-state index contributed by atoms with van der Waals surface area (Å²) in [5.41, 5.74) is -0.283. The summed E-state index contributed by atoms with van der Waals surface area (Å²) in [7, 11) is 0. The van der Waals surface area contributed by atoms with Crippen molar-refractivity contribution in [3.05, 3.63) is 24.7 Å². The Hall–Kier alpha value is -3.19. The number of rotatable bonds is 5. The molecule has 0 aliphatic carbocycles. The lowest BCUT2D eigenvalue weighted by Crippen LogP contribution is -2.37. The van der Waals surface area contributed by atoms with E-state index in [0.717, 1.165) is 18.7 Å². The van der Waals surface area contributed by atoms with E-state index in [2.05, 4.69) is 26.5 Å². The lowest BCUT2D eigenvalue weighted by Gasteiger charge is -2.24. The minimum absolute atomic E-state index is 0. The summed E-state index contributed by atoms with van der Waals surface area (Å²) in [5.74, 6) is 0.613. The Morgan fingerprint density at radius 3 is 2.78 bits per heavy atom. The summed E-state index contributed by atoms with van der Waals surface area (Å²) in [4.78, 5) is 36.6. The minimum atomic E-state index is -1.01. The van der Waals surface area contributed by atoms with Crippen LogP contribution in [0, 0.1) is 22.7 Å². The molecule has 2 atom stereocenters. The zero-order chi connectivity index (χ0) is 22.2. The molecule has 2 amide bonds. The Kier molecular flexibility index (Phi) is 6.69. The summed E-state index contributed by atoms with van der Waals surface area (Å²) >= 11 is 0. The van der Waals surface area contributed by atoms with Crippen LogP contribution >= 0.6 is 12.4 Å². The molecule has 0 saturated carbocycles. The average Bonchev–Trinajstić information content (AvgIpc) is 3.46. The summed E-state index contributed by atoms with van der Waals surface area (Å²) in [6, 6.07) is 4.05. The van der Waals surface area contributed by atoms with E-state index in [1.54, 1.807) is 30.3 Å². The van der Waals surface area contributed by atoms with E-state index in [-0.39, 0.29) is 36.2 Å². The van der Waals surface area contributed by atoms with Crippen molar-refractivity contribution in [2.75, 3.05) is 29.9 Å². The molecule has 2 aromatic rings. The molecule has 4 heterocycles. The smallest absolute Gasteiger partial charge is 0.248 e. The van der Waals surface area contributed by atoms with Gasteiger partial charge >= 0.3 is 0 Å². The number of halogens is 1. The topological polar surface area (TPSA) is 120 Å². The van der Waals surface area contributed by atoms with E-state index in [4.69, 9.17) is 0 Å².